The lowest BCUT2D eigenvalue weighted by Gasteiger charge is -2.39. The van der Waals surface area contributed by atoms with E-state index in [2.05, 4.69) is 24.1 Å². The summed E-state index contributed by atoms with van der Waals surface area (Å²) >= 11 is 0. The Balaban J connectivity index is 1.72. The van der Waals surface area contributed by atoms with E-state index < -0.39 is 5.97 Å². The Hall–Kier alpha value is -0.650. The SMILES string of the molecule is CC(C)C1NC2CCC(C(=O)O)CC2N1C[C@@H]1CCO1. The highest BCUT2D eigenvalue weighted by atomic mass is 16.5. The number of carboxylic acid groups (broad SMARTS) is 1. The van der Waals surface area contributed by atoms with Crippen molar-refractivity contribution < 1.29 is 14.6 Å². The van der Waals surface area contributed by atoms with Crippen LogP contribution in [0.15, 0.2) is 0 Å². The molecule has 2 heterocycles. The first-order valence-corrected chi connectivity index (χ1v) is 7.92. The van der Waals surface area contributed by atoms with E-state index in [1.54, 1.807) is 0 Å². The van der Waals surface area contributed by atoms with Gasteiger partial charge < -0.3 is 9.84 Å². The van der Waals surface area contributed by atoms with Crippen LogP contribution in [-0.4, -0.2) is 53.5 Å². The third-order valence-corrected chi connectivity index (χ3v) is 5.17. The van der Waals surface area contributed by atoms with E-state index in [1.807, 2.05) is 0 Å². The minimum absolute atomic E-state index is 0.172. The summed E-state index contributed by atoms with van der Waals surface area (Å²) in [6.45, 7) is 6.30. The number of nitrogens with zero attached hydrogens (tertiary/aromatic N) is 1. The maximum atomic E-state index is 11.3. The zero-order valence-electron chi connectivity index (χ0n) is 12.4. The molecule has 0 spiro atoms. The third-order valence-electron chi connectivity index (χ3n) is 5.17. The van der Waals surface area contributed by atoms with Gasteiger partial charge in [-0.1, -0.05) is 13.8 Å². The van der Waals surface area contributed by atoms with Crippen LogP contribution in [0.25, 0.3) is 0 Å². The number of aliphatic carboxylic acids is 1. The number of nitrogens with one attached hydrogen (secondary N) is 1. The number of fused-ring (bicyclic) bond motifs is 1. The van der Waals surface area contributed by atoms with Crippen molar-refractivity contribution in [1.82, 2.24) is 10.2 Å². The molecule has 2 saturated heterocycles. The molecular weight excluding hydrogens is 256 g/mol. The van der Waals surface area contributed by atoms with Crippen molar-refractivity contribution in [2.45, 2.75) is 63.9 Å². The summed E-state index contributed by atoms with van der Waals surface area (Å²) < 4.78 is 5.59. The molecule has 3 aliphatic rings. The molecule has 5 atom stereocenters. The first-order valence-electron chi connectivity index (χ1n) is 7.92. The fraction of sp³-hybridized carbons (Fsp3) is 0.933. The average molecular weight is 282 g/mol. The summed E-state index contributed by atoms with van der Waals surface area (Å²) in [6.07, 6.45) is 4.42. The summed E-state index contributed by atoms with van der Waals surface area (Å²) in [6, 6.07) is 0.819. The van der Waals surface area contributed by atoms with Gasteiger partial charge in [0.2, 0.25) is 0 Å². The molecular formula is C15H26N2O3. The molecule has 3 fully saturated rings. The van der Waals surface area contributed by atoms with Crippen LogP contribution < -0.4 is 5.32 Å². The topological polar surface area (TPSA) is 61.8 Å². The quantitative estimate of drug-likeness (QED) is 0.813. The van der Waals surface area contributed by atoms with E-state index >= 15 is 0 Å². The van der Waals surface area contributed by atoms with Crippen LogP contribution in [-0.2, 0) is 9.53 Å². The fourth-order valence-electron chi connectivity index (χ4n) is 3.94. The molecule has 5 nitrogen and oxygen atoms in total. The predicted molar refractivity (Wildman–Crippen MR) is 75.4 cm³/mol. The molecule has 20 heavy (non-hydrogen) atoms. The molecule has 0 bridgehead atoms. The lowest BCUT2D eigenvalue weighted by Crippen LogP contribution is -2.50. The van der Waals surface area contributed by atoms with E-state index in [4.69, 9.17) is 4.74 Å². The summed E-state index contributed by atoms with van der Waals surface area (Å²) in [7, 11) is 0. The molecule has 2 aliphatic heterocycles. The number of ether oxygens (including phenoxy) is 1. The Morgan fingerprint density at radius 3 is 2.70 bits per heavy atom. The van der Waals surface area contributed by atoms with Crippen molar-refractivity contribution >= 4 is 5.97 Å². The molecule has 4 unspecified atom stereocenters. The van der Waals surface area contributed by atoms with Crippen molar-refractivity contribution in [2.24, 2.45) is 11.8 Å². The highest BCUT2D eigenvalue weighted by molar-refractivity contribution is 5.70. The van der Waals surface area contributed by atoms with E-state index in [-0.39, 0.29) is 5.92 Å². The molecule has 0 aromatic rings. The Morgan fingerprint density at radius 2 is 2.15 bits per heavy atom. The van der Waals surface area contributed by atoms with E-state index in [0.29, 0.717) is 30.3 Å². The van der Waals surface area contributed by atoms with Gasteiger partial charge in [-0.3, -0.25) is 15.0 Å². The molecule has 0 aromatic heterocycles. The smallest absolute Gasteiger partial charge is 0.306 e. The second-order valence-electron chi connectivity index (χ2n) is 6.86. The molecule has 0 aromatic carbocycles. The molecule has 1 aliphatic carbocycles. The standard InChI is InChI=1S/C15H26N2O3/c1-9(2)14-16-12-4-3-10(15(18)19)7-13(12)17(14)8-11-5-6-20-11/h9-14,16H,3-8H2,1-2H3,(H,18,19)/t10?,11-,12?,13?,14?/m0/s1. The highest BCUT2D eigenvalue weighted by Gasteiger charge is 2.47. The van der Waals surface area contributed by atoms with E-state index in [9.17, 15) is 9.90 Å². The Labute approximate surface area is 120 Å². The van der Waals surface area contributed by atoms with Crippen molar-refractivity contribution in [3.63, 3.8) is 0 Å². The maximum absolute atomic E-state index is 11.3. The van der Waals surface area contributed by atoms with E-state index in [0.717, 1.165) is 38.8 Å². The predicted octanol–water partition coefficient (Wildman–Crippen LogP) is 1.28. The summed E-state index contributed by atoms with van der Waals surface area (Å²) in [5.41, 5.74) is 0. The van der Waals surface area contributed by atoms with E-state index in [1.165, 1.54) is 0 Å². The minimum Gasteiger partial charge on any atom is -0.481 e. The van der Waals surface area contributed by atoms with Gasteiger partial charge in [-0.2, -0.15) is 0 Å². The van der Waals surface area contributed by atoms with Crippen LogP contribution in [0.2, 0.25) is 0 Å². The van der Waals surface area contributed by atoms with Crippen molar-refractivity contribution in [2.75, 3.05) is 13.2 Å². The molecule has 0 amide bonds. The van der Waals surface area contributed by atoms with Crippen molar-refractivity contribution in [1.29, 1.82) is 0 Å². The maximum Gasteiger partial charge on any atom is 0.306 e. The molecule has 114 valence electrons. The fourth-order valence-corrected chi connectivity index (χ4v) is 3.94. The first-order chi connectivity index (χ1) is 9.56. The molecule has 0 radical (unpaired) electrons. The Bertz CT molecular complexity index is 370. The lowest BCUT2D eigenvalue weighted by atomic mass is 9.82. The first kappa shape index (κ1) is 14.3. The van der Waals surface area contributed by atoms with Gasteiger partial charge in [0.15, 0.2) is 0 Å². The van der Waals surface area contributed by atoms with Gasteiger partial charge in [0.1, 0.15) is 0 Å². The number of carboxylic acids is 1. The van der Waals surface area contributed by atoms with Crippen LogP contribution in [0, 0.1) is 11.8 Å². The van der Waals surface area contributed by atoms with Gasteiger partial charge in [0, 0.05) is 25.2 Å². The van der Waals surface area contributed by atoms with Crippen molar-refractivity contribution in [3.8, 4) is 0 Å². The molecule has 1 saturated carbocycles. The van der Waals surface area contributed by atoms with Crippen molar-refractivity contribution in [3.05, 3.63) is 0 Å². The second kappa shape index (κ2) is 5.62. The number of hydrogen-bond donors (Lipinski definition) is 2. The van der Waals surface area contributed by atoms with Gasteiger partial charge in [-0.25, -0.2) is 0 Å². The monoisotopic (exact) mass is 282 g/mol. The lowest BCUT2D eigenvalue weighted by molar-refractivity contribution is -0.143. The zero-order valence-corrected chi connectivity index (χ0v) is 12.4. The highest BCUT2D eigenvalue weighted by Crippen LogP contribution is 2.36. The summed E-state index contributed by atoms with van der Waals surface area (Å²) in [4.78, 5) is 13.8. The Morgan fingerprint density at radius 1 is 1.40 bits per heavy atom. The van der Waals surface area contributed by atoms with Gasteiger partial charge >= 0.3 is 5.97 Å². The zero-order chi connectivity index (χ0) is 14.3. The summed E-state index contributed by atoms with van der Waals surface area (Å²) in [5, 5.41) is 13.0. The van der Waals surface area contributed by atoms with Crippen LogP contribution in [0.3, 0.4) is 0 Å². The largest absolute Gasteiger partial charge is 0.481 e. The molecule has 3 rings (SSSR count). The molecule has 5 heteroatoms. The third kappa shape index (κ3) is 2.59. The minimum atomic E-state index is -0.628. The van der Waals surface area contributed by atoms with Gasteiger partial charge in [0.05, 0.1) is 18.2 Å². The number of rotatable bonds is 4. The number of hydrogen-bond acceptors (Lipinski definition) is 4. The normalized spacial score (nSPS) is 41.5. The van der Waals surface area contributed by atoms with Crippen LogP contribution in [0.5, 0.6) is 0 Å². The molecule has 2 N–H and O–H groups in total. The van der Waals surface area contributed by atoms with Crippen LogP contribution >= 0.6 is 0 Å². The Kier molecular flexibility index (Phi) is 4.02. The second-order valence-corrected chi connectivity index (χ2v) is 6.86. The van der Waals surface area contributed by atoms with Gasteiger partial charge in [-0.05, 0) is 31.6 Å². The average Bonchev–Trinajstić information content (AvgIpc) is 2.71. The van der Waals surface area contributed by atoms with Crippen LogP contribution in [0.4, 0.5) is 0 Å². The number of carbonyl (C=O) groups is 1. The summed E-state index contributed by atoms with van der Waals surface area (Å²) in [5.74, 6) is -0.269. The van der Waals surface area contributed by atoms with Gasteiger partial charge in [-0.15, -0.1) is 0 Å². The van der Waals surface area contributed by atoms with Crippen LogP contribution in [0.1, 0.15) is 39.5 Å². The van der Waals surface area contributed by atoms with Gasteiger partial charge in [0.25, 0.3) is 0 Å².